The Morgan fingerprint density at radius 1 is 1.55 bits per heavy atom. The summed E-state index contributed by atoms with van der Waals surface area (Å²) in [4.78, 5) is 0. The van der Waals surface area contributed by atoms with Crippen LogP contribution in [0.1, 0.15) is 18.5 Å². The third-order valence-electron chi connectivity index (χ3n) is 1.47. The third-order valence-corrected chi connectivity index (χ3v) is 1.47. The lowest BCUT2D eigenvalue weighted by atomic mass is 10.1. The van der Waals surface area contributed by atoms with Crippen LogP contribution in [-0.4, -0.2) is 5.11 Å². The molecule has 0 spiro atoms. The molecule has 0 radical (unpaired) electrons. The van der Waals surface area contributed by atoms with Gasteiger partial charge in [0, 0.05) is 17.7 Å². The van der Waals surface area contributed by atoms with Crippen molar-refractivity contribution in [3.8, 4) is 5.75 Å². The maximum atomic E-state index is 12.9. The number of rotatable bonds is 1. The SMILES string of the molecule is CC(N)c1ccc(O)cc1F. The van der Waals surface area contributed by atoms with E-state index in [1.807, 2.05) is 0 Å². The number of benzene rings is 1. The number of phenols is 1. The predicted molar refractivity (Wildman–Crippen MR) is 40.7 cm³/mol. The Labute approximate surface area is 64.5 Å². The van der Waals surface area contributed by atoms with E-state index < -0.39 is 5.82 Å². The van der Waals surface area contributed by atoms with E-state index in [0.29, 0.717) is 5.56 Å². The summed E-state index contributed by atoms with van der Waals surface area (Å²) in [6, 6.07) is 3.62. The molecule has 0 aromatic heterocycles. The van der Waals surface area contributed by atoms with Crippen molar-refractivity contribution in [1.82, 2.24) is 0 Å². The minimum Gasteiger partial charge on any atom is -0.508 e. The number of hydrogen-bond donors (Lipinski definition) is 2. The summed E-state index contributed by atoms with van der Waals surface area (Å²) >= 11 is 0. The molecule has 0 saturated heterocycles. The van der Waals surface area contributed by atoms with E-state index in [1.54, 1.807) is 6.92 Å². The van der Waals surface area contributed by atoms with Gasteiger partial charge in [-0.25, -0.2) is 4.39 Å². The van der Waals surface area contributed by atoms with E-state index in [-0.39, 0.29) is 11.8 Å². The summed E-state index contributed by atoms with van der Waals surface area (Å²) in [5, 5.41) is 8.84. The standard InChI is InChI=1S/C8H10FNO/c1-5(10)7-3-2-6(11)4-8(7)9/h2-5,11H,10H2,1H3. The molecule has 3 N–H and O–H groups in total. The highest BCUT2D eigenvalue weighted by Gasteiger charge is 2.06. The van der Waals surface area contributed by atoms with Gasteiger partial charge in [-0.05, 0) is 13.0 Å². The number of phenolic OH excluding ortho intramolecular Hbond substituents is 1. The zero-order chi connectivity index (χ0) is 8.43. The first-order valence-corrected chi connectivity index (χ1v) is 3.35. The van der Waals surface area contributed by atoms with E-state index in [2.05, 4.69) is 0 Å². The van der Waals surface area contributed by atoms with Gasteiger partial charge in [0.2, 0.25) is 0 Å². The first-order valence-electron chi connectivity index (χ1n) is 3.35. The predicted octanol–water partition coefficient (Wildman–Crippen LogP) is 1.55. The molecule has 0 saturated carbocycles. The maximum Gasteiger partial charge on any atom is 0.131 e. The molecule has 0 aliphatic heterocycles. The quantitative estimate of drug-likeness (QED) is 0.646. The second-order valence-electron chi connectivity index (χ2n) is 2.49. The Morgan fingerprint density at radius 2 is 2.18 bits per heavy atom. The number of halogens is 1. The van der Waals surface area contributed by atoms with Crippen LogP contribution in [0.4, 0.5) is 4.39 Å². The molecule has 0 bridgehead atoms. The van der Waals surface area contributed by atoms with E-state index in [4.69, 9.17) is 10.8 Å². The molecule has 1 atom stereocenters. The third kappa shape index (κ3) is 1.68. The second kappa shape index (κ2) is 2.88. The highest BCUT2D eigenvalue weighted by atomic mass is 19.1. The Hall–Kier alpha value is -1.09. The van der Waals surface area contributed by atoms with Crippen molar-refractivity contribution in [3.63, 3.8) is 0 Å². The van der Waals surface area contributed by atoms with Crippen molar-refractivity contribution in [2.24, 2.45) is 5.73 Å². The summed E-state index contributed by atoms with van der Waals surface area (Å²) < 4.78 is 12.9. The van der Waals surface area contributed by atoms with E-state index in [1.165, 1.54) is 12.1 Å². The van der Waals surface area contributed by atoms with Crippen LogP contribution in [0.2, 0.25) is 0 Å². The normalized spacial score (nSPS) is 13.0. The average Bonchev–Trinajstić information content (AvgIpc) is 1.85. The Balaban J connectivity index is 3.09. The molecule has 0 fully saturated rings. The first-order chi connectivity index (χ1) is 5.11. The van der Waals surface area contributed by atoms with E-state index >= 15 is 0 Å². The van der Waals surface area contributed by atoms with Gasteiger partial charge >= 0.3 is 0 Å². The minimum absolute atomic E-state index is 0.0769. The fraction of sp³-hybridized carbons (Fsp3) is 0.250. The molecule has 2 nitrogen and oxygen atoms in total. The molecule has 1 aromatic rings. The van der Waals surface area contributed by atoms with Gasteiger partial charge in [0.15, 0.2) is 0 Å². The average molecular weight is 155 g/mol. The van der Waals surface area contributed by atoms with Gasteiger partial charge in [-0.3, -0.25) is 0 Å². The van der Waals surface area contributed by atoms with Gasteiger partial charge in [-0.1, -0.05) is 6.07 Å². The van der Waals surface area contributed by atoms with Gasteiger partial charge < -0.3 is 10.8 Å². The molecule has 0 aliphatic carbocycles. The molecule has 1 unspecified atom stereocenters. The van der Waals surface area contributed by atoms with Crippen molar-refractivity contribution in [1.29, 1.82) is 0 Å². The van der Waals surface area contributed by atoms with Gasteiger partial charge in [0.1, 0.15) is 11.6 Å². The molecule has 3 heteroatoms. The lowest BCUT2D eigenvalue weighted by Gasteiger charge is -2.06. The van der Waals surface area contributed by atoms with E-state index in [0.717, 1.165) is 6.07 Å². The smallest absolute Gasteiger partial charge is 0.131 e. The molecule has 1 aromatic carbocycles. The van der Waals surface area contributed by atoms with Crippen molar-refractivity contribution >= 4 is 0 Å². The summed E-state index contributed by atoms with van der Waals surface area (Å²) in [5.41, 5.74) is 5.86. The lowest BCUT2D eigenvalue weighted by molar-refractivity contribution is 0.467. The molecule has 0 aliphatic rings. The Kier molecular flexibility index (Phi) is 2.10. The fourth-order valence-corrected chi connectivity index (χ4v) is 0.885. The molecule has 0 amide bonds. The minimum atomic E-state index is -0.458. The number of nitrogens with two attached hydrogens (primary N) is 1. The van der Waals surface area contributed by atoms with Crippen LogP contribution in [0, 0.1) is 5.82 Å². The lowest BCUT2D eigenvalue weighted by Crippen LogP contribution is -2.06. The molecule has 11 heavy (non-hydrogen) atoms. The van der Waals surface area contributed by atoms with Crippen LogP contribution in [0.3, 0.4) is 0 Å². The summed E-state index contributed by atoms with van der Waals surface area (Å²) in [5.74, 6) is -0.535. The summed E-state index contributed by atoms with van der Waals surface area (Å²) in [6.07, 6.45) is 0. The zero-order valence-corrected chi connectivity index (χ0v) is 6.21. The van der Waals surface area contributed by atoms with Gasteiger partial charge in [-0.2, -0.15) is 0 Å². The van der Waals surface area contributed by atoms with Crippen molar-refractivity contribution < 1.29 is 9.50 Å². The zero-order valence-electron chi connectivity index (χ0n) is 6.21. The fourth-order valence-electron chi connectivity index (χ4n) is 0.885. The van der Waals surface area contributed by atoms with Crippen LogP contribution in [0.25, 0.3) is 0 Å². The molecular formula is C8H10FNO. The topological polar surface area (TPSA) is 46.2 Å². The number of aromatic hydroxyl groups is 1. The largest absolute Gasteiger partial charge is 0.508 e. The van der Waals surface area contributed by atoms with Crippen molar-refractivity contribution in [3.05, 3.63) is 29.6 Å². The first kappa shape index (κ1) is 8.01. The van der Waals surface area contributed by atoms with Crippen LogP contribution < -0.4 is 5.73 Å². The van der Waals surface area contributed by atoms with Crippen LogP contribution in [0.5, 0.6) is 5.75 Å². The van der Waals surface area contributed by atoms with Crippen LogP contribution in [0.15, 0.2) is 18.2 Å². The van der Waals surface area contributed by atoms with Gasteiger partial charge in [0.25, 0.3) is 0 Å². The van der Waals surface area contributed by atoms with Crippen molar-refractivity contribution in [2.45, 2.75) is 13.0 Å². The van der Waals surface area contributed by atoms with Crippen LogP contribution >= 0.6 is 0 Å². The van der Waals surface area contributed by atoms with Gasteiger partial charge in [0.05, 0.1) is 0 Å². The Bertz CT molecular complexity index is 260. The number of hydrogen-bond acceptors (Lipinski definition) is 2. The molecular weight excluding hydrogens is 145 g/mol. The summed E-state index contributed by atoms with van der Waals surface area (Å²) in [6.45, 7) is 1.69. The van der Waals surface area contributed by atoms with E-state index in [9.17, 15) is 4.39 Å². The molecule has 60 valence electrons. The van der Waals surface area contributed by atoms with Gasteiger partial charge in [-0.15, -0.1) is 0 Å². The Morgan fingerprint density at radius 3 is 2.64 bits per heavy atom. The molecule has 0 heterocycles. The highest BCUT2D eigenvalue weighted by Crippen LogP contribution is 2.18. The maximum absolute atomic E-state index is 12.9. The van der Waals surface area contributed by atoms with Crippen LogP contribution in [-0.2, 0) is 0 Å². The van der Waals surface area contributed by atoms with Crippen molar-refractivity contribution in [2.75, 3.05) is 0 Å². The summed E-state index contributed by atoms with van der Waals surface area (Å²) in [7, 11) is 0. The highest BCUT2D eigenvalue weighted by molar-refractivity contribution is 5.29. The monoisotopic (exact) mass is 155 g/mol. The second-order valence-corrected chi connectivity index (χ2v) is 2.49. The molecule has 1 rings (SSSR count).